The SMILES string of the molecule is O=C(NC1C2CC3CC(C2)CC1C3)c1cccc(S(=O)(=O)N2CCCC2)c1. The summed E-state index contributed by atoms with van der Waals surface area (Å²) < 4.78 is 27.1. The van der Waals surface area contributed by atoms with Crippen molar-refractivity contribution in [3.8, 4) is 0 Å². The average molecular weight is 389 g/mol. The average Bonchev–Trinajstić information content (AvgIpc) is 3.20. The van der Waals surface area contributed by atoms with Crippen LogP contribution in [-0.4, -0.2) is 37.8 Å². The summed E-state index contributed by atoms with van der Waals surface area (Å²) in [6.45, 7) is 1.15. The van der Waals surface area contributed by atoms with Crippen LogP contribution in [0.25, 0.3) is 0 Å². The maximum atomic E-state index is 12.9. The number of amides is 1. The quantitative estimate of drug-likeness (QED) is 0.862. The molecule has 27 heavy (non-hydrogen) atoms. The number of hydrogen-bond donors (Lipinski definition) is 1. The lowest BCUT2D eigenvalue weighted by molar-refractivity contribution is -0.0119. The van der Waals surface area contributed by atoms with E-state index in [-0.39, 0.29) is 16.8 Å². The third kappa shape index (κ3) is 3.11. The van der Waals surface area contributed by atoms with Gasteiger partial charge in [0, 0.05) is 24.7 Å². The summed E-state index contributed by atoms with van der Waals surface area (Å²) in [5, 5.41) is 3.28. The maximum Gasteiger partial charge on any atom is 0.251 e. The zero-order chi connectivity index (χ0) is 18.6. The molecule has 1 aromatic carbocycles. The van der Waals surface area contributed by atoms with Crippen molar-refractivity contribution in [2.45, 2.75) is 55.9 Å². The molecule has 6 heteroatoms. The number of nitrogens with one attached hydrogen (secondary N) is 1. The first-order chi connectivity index (χ1) is 13.0. The highest BCUT2D eigenvalue weighted by Crippen LogP contribution is 2.53. The van der Waals surface area contributed by atoms with E-state index in [1.54, 1.807) is 24.3 Å². The molecule has 1 saturated heterocycles. The van der Waals surface area contributed by atoms with Crippen LogP contribution in [0.15, 0.2) is 29.2 Å². The van der Waals surface area contributed by atoms with Crippen LogP contribution in [-0.2, 0) is 10.0 Å². The first kappa shape index (κ1) is 17.7. The number of carbonyl (C=O) groups is 1. The van der Waals surface area contributed by atoms with Crippen molar-refractivity contribution in [1.29, 1.82) is 0 Å². The van der Waals surface area contributed by atoms with Gasteiger partial charge in [0.1, 0.15) is 0 Å². The van der Waals surface area contributed by atoms with Gasteiger partial charge in [-0.3, -0.25) is 4.79 Å². The molecule has 5 fully saturated rings. The van der Waals surface area contributed by atoms with Gasteiger partial charge in [-0.05, 0) is 86.8 Å². The van der Waals surface area contributed by atoms with Crippen molar-refractivity contribution >= 4 is 15.9 Å². The summed E-state index contributed by atoms with van der Waals surface area (Å²) in [5.74, 6) is 2.85. The number of carbonyl (C=O) groups excluding carboxylic acids is 1. The first-order valence-electron chi connectivity index (χ1n) is 10.4. The lowest BCUT2D eigenvalue weighted by Crippen LogP contribution is -2.55. The Morgan fingerprint density at radius 1 is 0.963 bits per heavy atom. The van der Waals surface area contributed by atoms with Crippen molar-refractivity contribution in [3.63, 3.8) is 0 Å². The molecule has 5 aliphatic rings. The number of sulfonamides is 1. The molecule has 1 aromatic rings. The smallest absolute Gasteiger partial charge is 0.251 e. The van der Waals surface area contributed by atoms with Crippen LogP contribution < -0.4 is 5.32 Å². The van der Waals surface area contributed by atoms with E-state index in [2.05, 4.69) is 5.32 Å². The van der Waals surface area contributed by atoms with Gasteiger partial charge in [-0.15, -0.1) is 0 Å². The molecule has 4 bridgehead atoms. The zero-order valence-corrected chi connectivity index (χ0v) is 16.5. The molecule has 1 amide bonds. The number of rotatable bonds is 4. The summed E-state index contributed by atoms with van der Waals surface area (Å²) in [7, 11) is -3.49. The van der Waals surface area contributed by atoms with E-state index in [1.807, 2.05) is 0 Å². The largest absolute Gasteiger partial charge is 0.349 e. The molecule has 0 radical (unpaired) electrons. The van der Waals surface area contributed by atoms with Crippen LogP contribution in [0.2, 0.25) is 0 Å². The summed E-state index contributed by atoms with van der Waals surface area (Å²) in [4.78, 5) is 13.2. The Morgan fingerprint density at radius 2 is 1.59 bits per heavy atom. The van der Waals surface area contributed by atoms with Crippen molar-refractivity contribution in [1.82, 2.24) is 9.62 Å². The predicted molar refractivity (Wildman–Crippen MR) is 103 cm³/mol. The maximum absolute atomic E-state index is 12.9. The van der Waals surface area contributed by atoms with E-state index in [0.29, 0.717) is 30.5 Å². The summed E-state index contributed by atoms with van der Waals surface area (Å²) >= 11 is 0. The number of hydrogen-bond acceptors (Lipinski definition) is 3. The molecule has 0 unspecified atom stereocenters. The van der Waals surface area contributed by atoms with Crippen molar-refractivity contribution in [2.75, 3.05) is 13.1 Å². The second-order valence-electron chi connectivity index (χ2n) is 9.07. The minimum Gasteiger partial charge on any atom is -0.349 e. The van der Waals surface area contributed by atoms with E-state index in [4.69, 9.17) is 0 Å². The normalized spacial score (nSPS) is 35.5. The van der Waals surface area contributed by atoms with Crippen molar-refractivity contribution in [3.05, 3.63) is 29.8 Å². The van der Waals surface area contributed by atoms with Gasteiger partial charge in [-0.2, -0.15) is 4.31 Å². The van der Waals surface area contributed by atoms with Gasteiger partial charge in [0.2, 0.25) is 10.0 Å². The molecule has 4 saturated carbocycles. The van der Waals surface area contributed by atoms with Crippen LogP contribution in [0.1, 0.15) is 55.3 Å². The monoisotopic (exact) mass is 388 g/mol. The predicted octanol–water partition coefficient (Wildman–Crippen LogP) is 3.03. The molecule has 0 spiro atoms. The summed E-state index contributed by atoms with van der Waals surface area (Å²) in [6, 6.07) is 6.85. The molecule has 146 valence electrons. The van der Waals surface area contributed by atoms with E-state index in [0.717, 1.165) is 24.7 Å². The molecule has 4 aliphatic carbocycles. The third-order valence-electron chi connectivity index (χ3n) is 7.32. The fourth-order valence-corrected chi connectivity index (χ4v) is 7.83. The van der Waals surface area contributed by atoms with Gasteiger partial charge in [0.25, 0.3) is 5.91 Å². The topological polar surface area (TPSA) is 66.5 Å². The number of nitrogens with zero attached hydrogens (tertiary/aromatic N) is 1. The first-order valence-corrected chi connectivity index (χ1v) is 11.9. The summed E-state index contributed by atoms with van der Waals surface area (Å²) in [6.07, 6.45) is 8.22. The van der Waals surface area contributed by atoms with Crippen molar-refractivity contribution in [2.24, 2.45) is 23.7 Å². The molecule has 1 heterocycles. The van der Waals surface area contributed by atoms with Crippen LogP contribution in [0.5, 0.6) is 0 Å². The van der Waals surface area contributed by atoms with Gasteiger partial charge in [0.05, 0.1) is 4.90 Å². The van der Waals surface area contributed by atoms with Crippen LogP contribution in [0, 0.1) is 23.7 Å². The van der Waals surface area contributed by atoms with Crippen LogP contribution in [0.3, 0.4) is 0 Å². The summed E-state index contributed by atoms with van der Waals surface area (Å²) in [5.41, 5.74) is 0.462. The zero-order valence-electron chi connectivity index (χ0n) is 15.6. The molecule has 0 atom stereocenters. The van der Waals surface area contributed by atoms with Crippen LogP contribution in [0.4, 0.5) is 0 Å². The third-order valence-corrected chi connectivity index (χ3v) is 9.22. The molecule has 1 aliphatic heterocycles. The lowest BCUT2D eigenvalue weighted by Gasteiger charge is -2.54. The second-order valence-corrected chi connectivity index (χ2v) is 11.0. The Morgan fingerprint density at radius 3 is 2.22 bits per heavy atom. The highest BCUT2D eigenvalue weighted by molar-refractivity contribution is 7.89. The van der Waals surface area contributed by atoms with E-state index in [9.17, 15) is 13.2 Å². The van der Waals surface area contributed by atoms with Gasteiger partial charge in [-0.1, -0.05) is 6.07 Å². The molecular weight excluding hydrogens is 360 g/mol. The minimum absolute atomic E-state index is 0.119. The van der Waals surface area contributed by atoms with E-state index >= 15 is 0 Å². The van der Waals surface area contributed by atoms with Crippen LogP contribution >= 0.6 is 0 Å². The molecule has 0 aromatic heterocycles. The van der Waals surface area contributed by atoms with Gasteiger partial charge in [0.15, 0.2) is 0 Å². The highest BCUT2D eigenvalue weighted by atomic mass is 32.2. The van der Waals surface area contributed by atoms with Gasteiger partial charge in [-0.25, -0.2) is 8.42 Å². The Balaban J connectivity index is 1.34. The van der Waals surface area contributed by atoms with Gasteiger partial charge < -0.3 is 5.32 Å². The van der Waals surface area contributed by atoms with E-state index < -0.39 is 10.0 Å². The molecule has 5 nitrogen and oxygen atoms in total. The standard InChI is InChI=1S/C21H28N2O3S/c24-21(22-20-17-9-14-8-15(11-17)12-18(20)10-14)16-4-3-5-19(13-16)27(25,26)23-6-1-2-7-23/h3-5,13-15,17-18,20H,1-2,6-12H2,(H,22,24). The fourth-order valence-electron chi connectivity index (χ4n) is 6.27. The van der Waals surface area contributed by atoms with Crippen molar-refractivity contribution < 1.29 is 13.2 Å². The fraction of sp³-hybridized carbons (Fsp3) is 0.667. The van der Waals surface area contributed by atoms with E-state index in [1.165, 1.54) is 36.4 Å². The Labute approximate surface area is 161 Å². The second kappa shape index (κ2) is 6.59. The minimum atomic E-state index is -3.49. The molecule has 1 N–H and O–H groups in total. The Bertz CT molecular complexity index is 817. The molecule has 6 rings (SSSR count). The van der Waals surface area contributed by atoms with Gasteiger partial charge >= 0.3 is 0 Å². The lowest BCUT2D eigenvalue weighted by atomic mass is 9.54. The highest BCUT2D eigenvalue weighted by Gasteiger charge is 2.48. The Kier molecular flexibility index (Phi) is 4.32. The molecular formula is C21H28N2O3S. The number of benzene rings is 1. The Hall–Kier alpha value is -1.40.